The molecule has 0 bridgehead atoms. The predicted molar refractivity (Wildman–Crippen MR) is 130 cm³/mol. The van der Waals surface area contributed by atoms with E-state index in [4.69, 9.17) is 25.8 Å². The molecule has 3 rings (SSSR count). The van der Waals surface area contributed by atoms with Gasteiger partial charge in [-0.25, -0.2) is 4.98 Å². The molecule has 32 heavy (non-hydrogen) atoms. The number of carbonyl (C=O) groups excluding carboxylic acids is 1. The fourth-order valence-electron chi connectivity index (χ4n) is 2.65. The summed E-state index contributed by atoms with van der Waals surface area (Å²) in [5, 5.41) is 7.23. The fourth-order valence-corrected chi connectivity index (χ4v) is 3.92. The third-order valence-electron chi connectivity index (χ3n) is 4.17. The van der Waals surface area contributed by atoms with Crippen molar-refractivity contribution in [1.82, 2.24) is 4.98 Å². The SMILES string of the molecule is CCOC(=O)Cc1csc(NN=Cc2cc(OC)c(OCc3ccccc3Cl)cc2Br)n1. The average Bonchev–Trinajstić information content (AvgIpc) is 3.21. The first-order valence-corrected chi connectivity index (χ1v) is 11.7. The molecule has 0 saturated carbocycles. The van der Waals surface area contributed by atoms with Gasteiger partial charge in [0, 0.05) is 26.0 Å². The molecule has 1 heterocycles. The molecular weight excluding hydrogens is 518 g/mol. The topological polar surface area (TPSA) is 82.0 Å². The minimum absolute atomic E-state index is 0.133. The fraction of sp³-hybridized carbons (Fsp3) is 0.227. The molecule has 0 atom stereocenters. The van der Waals surface area contributed by atoms with Crippen LogP contribution < -0.4 is 14.9 Å². The third-order valence-corrected chi connectivity index (χ3v) is 6.02. The number of anilines is 1. The van der Waals surface area contributed by atoms with Crippen molar-refractivity contribution in [2.24, 2.45) is 5.10 Å². The number of hydrogen-bond acceptors (Lipinski definition) is 8. The van der Waals surface area contributed by atoms with Crippen molar-refractivity contribution in [2.45, 2.75) is 20.0 Å². The molecule has 0 aliphatic carbocycles. The Hall–Kier alpha value is -2.62. The number of hydrogen-bond donors (Lipinski definition) is 1. The molecule has 1 aromatic heterocycles. The number of benzene rings is 2. The summed E-state index contributed by atoms with van der Waals surface area (Å²) in [6.45, 7) is 2.43. The Bertz CT molecular complexity index is 1110. The molecule has 0 aliphatic heterocycles. The Morgan fingerprint density at radius 1 is 1.31 bits per heavy atom. The van der Waals surface area contributed by atoms with E-state index in [-0.39, 0.29) is 12.4 Å². The van der Waals surface area contributed by atoms with Crippen molar-refractivity contribution in [3.8, 4) is 11.5 Å². The summed E-state index contributed by atoms with van der Waals surface area (Å²) in [7, 11) is 1.57. The summed E-state index contributed by atoms with van der Waals surface area (Å²) in [5.41, 5.74) is 5.16. The number of hydrazone groups is 1. The zero-order valence-corrected chi connectivity index (χ0v) is 20.6. The summed E-state index contributed by atoms with van der Waals surface area (Å²) in [6.07, 6.45) is 1.77. The highest BCUT2D eigenvalue weighted by Gasteiger charge is 2.11. The van der Waals surface area contributed by atoms with Gasteiger partial charge in [-0.15, -0.1) is 11.3 Å². The normalized spacial score (nSPS) is 10.9. The van der Waals surface area contributed by atoms with Gasteiger partial charge in [-0.1, -0.05) is 29.8 Å². The van der Waals surface area contributed by atoms with Gasteiger partial charge in [-0.05, 0) is 41.1 Å². The van der Waals surface area contributed by atoms with Crippen LogP contribution in [-0.2, 0) is 22.6 Å². The van der Waals surface area contributed by atoms with Gasteiger partial charge < -0.3 is 14.2 Å². The number of methoxy groups -OCH3 is 1. The van der Waals surface area contributed by atoms with E-state index in [0.29, 0.717) is 40.6 Å². The lowest BCUT2D eigenvalue weighted by molar-refractivity contribution is -0.142. The van der Waals surface area contributed by atoms with Gasteiger partial charge in [-0.3, -0.25) is 10.2 Å². The van der Waals surface area contributed by atoms with Crippen LogP contribution in [0.25, 0.3) is 0 Å². The van der Waals surface area contributed by atoms with E-state index < -0.39 is 0 Å². The summed E-state index contributed by atoms with van der Waals surface area (Å²) in [5.74, 6) is 0.835. The average molecular weight is 539 g/mol. The largest absolute Gasteiger partial charge is 0.493 e. The van der Waals surface area contributed by atoms with Crippen LogP contribution in [0.4, 0.5) is 5.13 Å². The van der Waals surface area contributed by atoms with Crippen molar-refractivity contribution in [2.75, 3.05) is 19.1 Å². The first-order valence-electron chi connectivity index (χ1n) is 9.63. The second-order valence-corrected chi connectivity index (χ2v) is 8.52. The van der Waals surface area contributed by atoms with E-state index in [0.717, 1.165) is 15.6 Å². The number of thiazole rings is 1. The molecular formula is C22H21BrClN3O4S. The number of esters is 1. The number of ether oxygens (including phenoxy) is 3. The molecule has 2 aromatic carbocycles. The van der Waals surface area contributed by atoms with Crippen molar-refractivity contribution in [3.63, 3.8) is 0 Å². The van der Waals surface area contributed by atoms with Crippen LogP contribution in [0.5, 0.6) is 11.5 Å². The van der Waals surface area contributed by atoms with Crippen LogP contribution >= 0.6 is 38.9 Å². The summed E-state index contributed by atoms with van der Waals surface area (Å²) in [4.78, 5) is 15.9. The zero-order valence-electron chi connectivity index (χ0n) is 17.4. The van der Waals surface area contributed by atoms with Gasteiger partial charge in [0.15, 0.2) is 11.5 Å². The maximum atomic E-state index is 11.5. The monoisotopic (exact) mass is 537 g/mol. The minimum Gasteiger partial charge on any atom is -0.493 e. The quantitative estimate of drug-likeness (QED) is 0.203. The summed E-state index contributed by atoms with van der Waals surface area (Å²) < 4.78 is 17.1. The molecule has 10 heteroatoms. The van der Waals surface area contributed by atoms with Gasteiger partial charge in [0.1, 0.15) is 6.61 Å². The predicted octanol–water partition coefficient (Wildman–Crippen LogP) is 5.70. The van der Waals surface area contributed by atoms with Crippen molar-refractivity contribution in [3.05, 3.63) is 68.1 Å². The molecule has 0 radical (unpaired) electrons. The van der Waals surface area contributed by atoms with Crippen LogP contribution in [0, 0.1) is 0 Å². The highest BCUT2D eigenvalue weighted by molar-refractivity contribution is 9.10. The Labute approximate surface area is 203 Å². The minimum atomic E-state index is -0.305. The molecule has 0 spiro atoms. The van der Waals surface area contributed by atoms with Gasteiger partial charge in [0.2, 0.25) is 5.13 Å². The second-order valence-electron chi connectivity index (χ2n) is 6.40. The Morgan fingerprint density at radius 2 is 2.12 bits per heavy atom. The van der Waals surface area contributed by atoms with E-state index in [1.807, 2.05) is 36.4 Å². The standard InChI is InChI=1S/C22H21BrClN3O4S/c1-3-30-21(28)9-16-13-32-22(26-16)27-25-11-15-8-19(29-2)20(10-17(15)23)31-12-14-6-4-5-7-18(14)24/h4-8,10-11,13H,3,9,12H2,1-2H3,(H,26,27). The van der Waals surface area contributed by atoms with E-state index in [2.05, 4.69) is 31.4 Å². The van der Waals surface area contributed by atoms with E-state index in [9.17, 15) is 4.79 Å². The zero-order chi connectivity index (χ0) is 22.9. The molecule has 0 saturated heterocycles. The number of carbonyl (C=O) groups is 1. The molecule has 1 N–H and O–H groups in total. The number of aromatic nitrogens is 1. The second kappa shape index (κ2) is 11.8. The lowest BCUT2D eigenvalue weighted by atomic mass is 10.2. The molecule has 0 aliphatic rings. The molecule has 0 fully saturated rings. The van der Waals surface area contributed by atoms with E-state index in [1.54, 1.807) is 25.6 Å². The van der Waals surface area contributed by atoms with Crippen LogP contribution in [0.15, 0.2) is 51.4 Å². The first-order chi connectivity index (χ1) is 15.5. The van der Waals surface area contributed by atoms with Gasteiger partial charge >= 0.3 is 5.97 Å². The molecule has 7 nitrogen and oxygen atoms in total. The Kier molecular flexibility index (Phi) is 8.90. The lowest BCUT2D eigenvalue weighted by Gasteiger charge is -2.13. The van der Waals surface area contributed by atoms with E-state index >= 15 is 0 Å². The summed E-state index contributed by atoms with van der Waals surface area (Å²) in [6, 6.07) is 11.1. The van der Waals surface area contributed by atoms with Crippen molar-refractivity contribution in [1.29, 1.82) is 0 Å². The van der Waals surface area contributed by atoms with Crippen LogP contribution in [0.2, 0.25) is 5.02 Å². The first kappa shape index (κ1) is 24.0. The van der Waals surface area contributed by atoms with Crippen molar-refractivity contribution >= 4 is 56.2 Å². The van der Waals surface area contributed by atoms with Crippen LogP contribution in [0.3, 0.4) is 0 Å². The highest BCUT2D eigenvalue weighted by Crippen LogP contribution is 2.34. The van der Waals surface area contributed by atoms with E-state index in [1.165, 1.54) is 11.3 Å². The molecule has 168 valence electrons. The molecule has 0 unspecified atom stereocenters. The van der Waals surface area contributed by atoms with Gasteiger partial charge in [0.05, 0.1) is 32.0 Å². The van der Waals surface area contributed by atoms with Gasteiger partial charge in [-0.2, -0.15) is 5.10 Å². The van der Waals surface area contributed by atoms with Crippen LogP contribution in [0.1, 0.15) is 23.7 Å². The Morgan fingerprint density at radius 3 is 2.88 bits per heavy atom. The smallest absolute Gasteiger partial charge is 0.311 e. The Balaban J connectivity index is 1.64. The highest BCUT2D eigenvalue weighted by atomic mass is 79.9. The number of nitrogens with one attached hydrogen (secondary N) is 1. The van der Waals surface area contributed by atoms with Crippen LogP contribution in [-0.4, -0.2) is 30.9 Å². The molecule has 3 aromatic rings. The lowest BCUT2D eigenvalue weighted by Crippen LogP contribution is -2.07. The summed E-state index contributed by atoms with van der Waals surface area (Å²) >= 11 is 11.1. The number of nitrogens with zero attached hydrogens (tertiary/aromatic N) is 2. The maximum Gasteiger partial charge on any atom is 0.311 e. The van der Waals surface area contributed by atoms with Crippen molar-refractivity contribution < 1.29 is 19.0 Å². The number of rotatable bonds is 10. The maximum absolute atomic E-state index is 11.5. The third kappa shape index (κ3) is 6.69. The van der Waals surface area contributed by atoms with Gasteiger partial charge in [0.25, 0.3) is 0 Å². The molecule has 0 amide bonds. The number of halogens is 2.